The molecule has 1 aromatic carbocycles. The number of alkyl carbamates (subject to hydrolysis) is 1. The zero-order valence-corrected chi connectivity index (χ0v) is 21.5. The molecule has 11 heteroatoms. The Morgan fingerprint density at radius 1 is 1.21 bits per heavy atom. The molecule has 0 aliphatic rings. The van der Waals surface area contributed by atoms with Crippen LogP contribution in [0.4, 0.5) is 4.79 Å². The lowest BCUT2D eigenvalue weighted by Crippen LogP contribution is -2.36. The van der Waals surface area contributed by atoms with Crippen molar-refractivity contribution < 1.29 is 17.9 Å². The van der Waals surface area contributed by atoms with Crippen LogP contribution in [0.1, 0.15) is 25.6 Å². The second-order valence-electron chi connectivity index (χ2n) is 7.84. The maximum Gasteiger partial charge on any atom is 0.413 e. The minimum Gasteiger partial charge on any atom is -0.444 e. The molecular weight excluding hydrogens is 502 g/mol. The van der Waals surface area contributed by atoms with E-state index in [1.807, 2.05) is 0 Å². The van der Waals surface area contributed by atoms with Gasteiger partial charge in [-0.05, 0) is 62.9 Å². The number of sulfone groups is 1. The maximum absolute atomic E-state index is 13.5. The molecular formula is C22H22ClN3O4S3. The van der Waals surface area contributed by atoms with Crippen molar-refractivity contribution in [3.63, 3.8) is 0 Å². The van der Waals surface area contributed by atoms with Crippen LogP contribution >= 0.6 is 34.7 Å². The Morgan fingerprint density at radius 2 is 1.94 bits per heavy atom. The first kappa shape index (κ1) is 25.2. The van der Waals surface area contributed by atoms with Crippen LogP contribution in [-0.2, 0) is 14.6 Å². The molecule has 0 aliphatic heterocycles. The number of carbonyl (C=O) groups is 1. The quantitative estimate of drug-likeness (QED) is 0.187. The van der Waals surface area contributed by atoms with Gasteiger partial charge < -0.3 is 4.74 Å². The predicted molar refractivity (Wildman–Crippen MR) is 132 cm³/mol. The number of amides is 1. The van der Waals surface area contributed by atoms with E-state index in [0.29, 0.717) is 20.2 Å². The number of nitrogens with one attached hydrogen (secondary N) is 2. The lowest BCUT2D eigenvalue weighted by Gasteiger charge is -2.19. The lowest BCUT2D eigenvalue weighted by molar-refractivity contribution is 0.0563. The highest BCUT2D eigenvalue weighted by Gasteiger charge is 2.27. The van der Waals surface area contributed by atoms with Gasteiger partial charge in [-0.3, -0.25) is 10.7 Å². The molecule has 0 atom stereocenters. The molecule has 33 heavy (non-hydrogen) atoms. The summed E-state index contributed by atoms with van der Waals surface area (Å²) in [6.07, 6.45) is 2.53. The molecule has 0 saturated heterocycles. The summed E-state index contributed by atoms with van der Waals surface area (Å²) in [6, 6.07) is 11.3. The summed E-state index contributed by atoms with van der Waals surface area (Å²) in [6.45, 7) is 5.14. The van der Waals surface area contributed by atoms with E-state index in [9.17, 15) is 13.2 Å². The Morgan fingerprint density at radius 3 is 2.58 bits per heavy atom. The van der Waals surface area contributed by atoms with Gasteiger partial charge in [0.05, 0.1) is 18.9 Å². The first-order chi connectivity index (χ1) is 15.4. The number of hydrogen-bond acceptors (Lipinski definition) is 8. The minimum atomic E-state index is -3.91. The fraction of sp³-hybridized carbons (Fsp3) is 0.227. The second-order valence-corrected chi connectivity index (χ2v) is 12.2. The van der Waals surface area contributed by atoms with Crippen LogP contribution in [0.2, 0.25) is 5.15 Å². The van der Waals surface area contributed by atoms with E-state index in [1.54, 1.807) is 63.6 Å². The molecule has 7 nitrogen and oxygen atoms in total. The third-order valence-electron chi connectivity index (χ3n) is 4.23. The average molecular weight is 524 g/mol. The zero-order valence-electron chi connectivity index (χ0n) is 18.3. The number of rotatable bonds is 5. The standard InChI is InChI=1S/C22H22ClN3O4S3/c1-22(2,3)30-21(27)26-19(24)16-12-17(20(31-4)32-16)33(28,29)14-8-5-7-13(11-14)15-9-6-10-25-18(15)23/h5-12H,1-4H3,(H2,24,26,27). The third-order valence-corrected chi connectivity index (χ3v) is 8.85. The highest BCUT2D eigenvalue weighted by atomic mass is 35.5. The summed E-state index contributed by atoms with van der Waals surface area (Å²) < 4.78 is 32.7. The Kier molecular flexibility index (Phi) is 7.52. The van der Waals surface area contributed by atoms with Crippen molar-refractivity contribution in [1.82, 2.24) is 10.3 Å². The summed E-state index contributed by atoms with van der Waals surface area (Å²) >= 11 is 8.54. The first-order valence-electron chi connectivity index (χ1n) is 9.65. The van der Waals surface area contributed by atoms with Crippen LogP contribution in [0, 0.1) is 5.41 Å². The van der Waals surface area contributed by atoms with Crippen LogP contribution in [0.15, 0.2) is 62.7 Å². The molecule has 2 N–H and O–H groups in total. The van der Waals surface area contributed by atoms with Gasteiger partial charge in [0, 0.05) is 11.8 Å². The van der Waals surface area contributed by atoms with E-state index in [2.05, 4.69) is 10.3 Å². The van der Waals surface area contributed by atoms with Gasteiger partial charge in [-0.1, -0.05) is 23.7 Å². The molecule has 0 bridgehead atoms. The number of hydrogen-bond donors (Lipinski definition) is 2. The van der Waals surface area contributed by atoms with Crippen molar-refractivity contribution in [2.45, 2.75) is 40.4 Å². The van der Waals surface area contributed by atoms with Crippen molar-refractivity contribution >= 4 is 56.5 Å². The summed E-state index contributed by atoms with van der Waals surface area (Å²) in [5.41, 5.74) is 0.520. The molecule has 3 aromatic rings. The van der Waals surface area contributed by atoms with Gasteiger partial charge in [0.1, 0.15) is 16.6 Å². The van der Waals surface area contributed by atoms with Crippen molar-refractivity contribution in [2.24, 2.45) is 0 Å². The van der Waals surface area contributed by atoms with Crippen LogP contribution in [0.3, 0.4) is 0 Å². The average Bonchev–Trinajstić information content (AvgIpc) is 3.18. The van der Waals surface area contributed by atoms with E-state index in [-0.39, 0.29) is 20.8 Å². The van der Waals surface area contributed by atoms with E-state index >= 15 is 0 Å². The molecule has 174 valence electrons. The lowest BCUT2D eigenvalue weighted by atomic mass is 10.1. The molecule has 0 unspecified atom stereocenters. The normalized spacial score (nSPS) is 11.8. The zero-order chi connectivity index (χ0) is 24.4. The molecule has 0 aliphatic carbocycles. The molecule has 2 aromatic heterocycles. The molecule has 0 fully saturated rings. The molecule has 1 amide bonds. The van der Waals surface area contributed by atoms with Gasteiger partial charge in [-0.2, -0.15) is 0 Å². The highest BCUT2D eigenvalue weighted by Crippen LogP contribution is 2.38. The predicted octanol–water partition coefficient (Wildman–Crippen LogP) is 5.87. The summed E-state index contributed by atoms with van der Waals surface area (Å²) in [5.74, 6) is -0.234. The van der Waals surface area contributed by atoms with Gasteiger partial charge in [-0.25, -0.2) is 18.2 Å². The van der Waals surface area contributed by atoms with E-state index in [1.165, 1.54) is 23.9 Å². The fourth-order valence-electron chi connectivity index (χ4n) is 2.84. The number of carbonyl (C=O) groups excluding carboxylic acids is 1. The van der Waals surface area contributed by atoms with Gasteiger partial charge in [0.2, 0.25) is 9.84 Å². The monoisotopic (exact) mass is 523 g/mol. The Balaban J connectivity index is 1.95. The fourth-order valence-corrected chi connectivity index (χ4v) is 7.01. The van der Waals surface area contributed by atoms with Crippen molar-refractivity contribution in [3.8, 4) is 11.1 Å². The minimum absolute atomic E-state index is 0.0696. The number of thioether (sulfide) groups is 1. The molecule has 0 spiro atoms. The van der Waals surface area contributed by atoms with Crippen LogP contribution < -0.4 is 5.32 Å². The number of ether oxygens (including phenoxy) is 1. The topological polar surface area (TPSA) is 109 Å². The number of thiophene rings is 1. The van der Waals surface area contributed by atoms with E-state index < -0.39 is 21.5 Å². The van der Waals surface area contributed by atoms with Gasteiger partial charge >= 0.3 is 6.09 Å². The van der Waals surface area contributed by atoms with Gasteiger partial charge in [-0.15, -0.1) is 23.1 Å². The Labute approximate surface area is 206 Å². The second kappa shape index (κ2) is 9.84. The summed E-state index contributed by atoms with van der Waals surface area (Å²) in [7, 11) is -3.91. The summed E-state index contributed by atoms with van der Waals surface area (Å²) in [4.78, 5) is 16.5. The molecule has 0 saturated carbocycles. The number of halogens is 1. The summed E-state index contributed by atoms with van der Waals surface area (Å²) in [5, 5.41) is 10.8. The largest absolute Gasteiger partial charge is 0.444 e. The Bertz CT molecular complexity index is 1310. The van der Waals surface area contributed by atoms with Crippen molar-refractivity contribution in [3.05, 3.63) is 58.7 Å². The van der Waals surface area contributed by atoms with E-state index in [0.717, 1.165) is 11.3 Å². The first-order valence-corrected chi connectivity index (χ1v) is 13.6. The number of nitrogens with zero attached hydrogens (tertiary/aromatic N) is 1. The SMILES string of the molecule is CSc1sc(C(=N)NC(=O)OC(C)(C)C)cc1S(=O)(=O)c1cccc(-c2cccnc2Cl)c1. The molecule has 0 radical (unpaired) electrons. The molecule has 2 heterocycles. The van der Waals surface area contributed by atoms with Crippen molar-refractivity contribution in [1.29, 1.82) is 5.41 Å². The Hall–Kier alpha value is -2.40. The van der Waals surface area contributed by atoms with Gasteiger partial charge in [0.15, 0.2) is 0 Å². The van der Waals surface area contributed by atoms with Crippen LogP contribution in [0.5, 0.6) is 0 Å². The van der Waals surface area contributed by atoms with Crippen LogP contribution in [0.25, 0.3) is 11.1 Å². The number of pyridine rings is 1. The van der Waals surface area contributed by atoms with Crippen molar-refractivity contribution in [2.75, 3.05) is 6.26 Å². The van der Waals surface area contributed by atoms with Crippen LogP contribution in [-0.4, -0.2) is 37.2 Å². The molecule has 3 rings (SSSR count). The smallest absolute Gasteiger partial charge is 0.413 e. The van der Waals surface area contributed by atoms with Gasteiger partial charge in [0.25, 0.3) is 0 Å². The maximum atomic E-state index is 13.5. The number of amidine groups is 1. The van der Waals surface area contributed by atoms with E-state index in [4.69, 9.17) is 21.7 Å². The number of benzene rings is 1. The number of aromatic nitrogens is 1. The highest BCUT2D eigenvalue weighted by molar-refractivity contribution is 8.01. The third kappa shape index (κ3) is 5.94.